The molecule has 0 aromatic carbocycles. The van der Waals surface area contributed by atoms with Crippen LogP contribution in [0.5, 0.6) is 0 Å². The molecule has 1 aliphatic carbocycles. The molecule has 0 aromatic rings. The number of alkyl halides is 1. The molecule has 1 saturated carbocycles. The molecular weight excluding hydrogens is 176 g/mol. The molecule has 1 nitrogen and oxygen atoms in total. The van der Waals surface area contributed by atoms with Crippen LogP contribution in [-0.4, -0.2) is 26.8 Å². The van der Waals surface area contributed by atoms with Crippen molar-refractivity contribution in [3.05, 3.63) is 0 Å². The fourth-order valence-corrected chi connectivity index (χ4v) is 2.43. The van der Waals surface area contributed by atoms with E-state index in [1.807, 2.05) is 0 Å². The molecule has 0 aliphatic heterocycles. The third-order valence-corrected chi connectivity index (χ3v) is 3.16. The van der Waals surface area contributed by atoms with E-state index in [9.17, 15) is 5.11 Å². The third-order valence-electron chi connectivity index (χ3n) is 2.40. The van der Waals surface area contributed by atoms with Crippen LogP contribution in [0.4, 0.5) is 0 Å². The van der Waals surface area contributed by atoms with Gasteiger partial charge in [0, 0.05) is 10.2 Å². The minimum atomic E-state index is -0.261. The predicted octanol–water partition coefficient (Wildman–Crippen LogP) is 1.73. The van der Waals surface area contributed by atoms with Crippen LogP contribution in [0.15, 0.2) is 0 Å². The van der Waals surface area contributed by atoms with Gasteiger partial charge in [-0.1, -0.05) is 12.5 Å². The summed E-state index contributed by atoms with van der Waals surface area (Å²) in [6, 6.07) is 1.05. The fourth-order valence-electron chi connectivity index (χ4n) is 1.65. The van der Waals surface area contributed by atoms with Crippen molar-refractivity contribution in [2.24, 2.45) is 5.92 Å². The molecular formula is C8H14ClOSi. The average molecular weight is 190 g/mol. The normalized spacial score (nSPS) is 39.0. The van der Waals surface area contributed by atoms with E-state index in [1.165, 1.54) is 6.42 Å². The lowest BCUT2D eigenvalue weighted by Gasteiger charge is -2.29. The number of rotatable bonds is 2. The van der Waals surface area contributed by atoms with Gasteiger partial charge in [0.25, 0.3) is 0 Å². The number of halogens is 1. The molecule has 1 N–H and O–H groups in total. The lowest BCUT2D eigenvalue weighted by Crippen LogP contribution is -2.29. The van der Waals surface area contributed by atoms with Crippen molar-refractivity contribution in [3.63, 3.8) is 0 Å². The van der Waals surface area contributed by atoms with Crippen molar-refractivity contribution in [1.29, 1.82) is 0 Å². The molecule has 0 spiro atoms. The Labute approximate surface area is 76.6 Å². The summed E-state index contributed by atoms with van der Waals surface area (Å²) in [5, 5.41) is 9.31. The highest BCUT2D eigenvalue weighted by molar-refractivity contribution is 6.21. The first kappa shape index (κ1) is 9.55. The lowest BCUT2D eigenvalue weighted by atomic mass is 9.85. The summed E-state index contributed by atoms with van der Waals surface area (Å²) >= 11 is 5.93. The Bertz CT molecular complexity index is 121. The standard InChI is InChI=1S/C8H14ClOSi/c9-7-5-6(3-4-11)1-2-8(7)10/h6-8,10H,1-5H2. The maximum atomic E-state index is 9.32. The van der Waals surface area contributed by atoms with Crippen LogP contribution in [0.1, 0.15) is 25.7 Å². The van der Waals surface area contributed by atoms with Gasteiger partial charge in [0.05, 0.1) is 11.5 Å². The van der Waals surface area contributed by atoms with E-state index in [1.54, 1.807) is 0 Å². The minimum absolute atomic E-state index is 0.00744. The zero-order valence-electron chi connectivity index (χ0n) is 6.59. The molecule has 0 heterocycles. The lowest BCUT2D eigenvalue weighted by molar-refractivity contribution is 0.112. The van der Waals surface area contributed by atoms with Gasteiger partial charge in [0.1, 0.15) is 0 Å². The average Bonchev–Trinajstić information content (AvgIpc) is 1.98. The van der Waals surface area contributed by atoms with Crippen molar-refractivity contribution in [3.8, 4) is 0 Å². The Morgan fingerprint density at radius 1 is 1.45 bits per heavy atom. The van der Waals surface area contributed by atoms with Crippen molar-refractivity contribution in [2.45, 2.75) is 43.2 Å². The third kappa shape index (κ3) is 2.77. The molecule has 1 aliphatic rings. The first-order valence-corrected chi connectivity index (χ1v) is 5.35. The Morgan fingerprint density at radius 2 is 2.18 bits per heavy atom. The maximum absolute atomic E-state index is 9.32. The molecule has 3 radical (unpaired) electrons. The van der Waals surface area contributed by atoms with Crippen molar-refractivity contribution in [2.75, 3.05) is 0 Å². The topological polar surface area (TPSA) is 20.2 Å². The van der Waals surface area contributed by atoms with E-state index in [4.69, 9.17) is 11.6 Å². The van der Waals surface area contributed by atoms with Gasteiger partial charge in [-0.15, -0.1) is 11.6 Å². The zero-order chi connectivity index (χ0) is 8.27. The summed E-state index contributed by atoms with van der Waals surface area (Å²) in [5.74, 6) is 0.721. The number of hydrogen-bond acceptors (Lipinski definition) is 1. The van der Waals surface area contributed by atoms with E-state index >= 15 is 0 Å². The van der Waals surface area contributed by atoms with Crippen LogP contribution in [0, 0.1) is 5.92 Å². The first-order valence-electron chi connectivity index (χ1n) is 4.20. The Balaban J connectivity index is 2.28. The molecule has 3 heteroatoms. The molecule has 63 valence electrons. The van der Waals surface area contributed by atoms with Gasteiger partial charge in [0.15, 0.2) is 0 Å². The SMILES string of the molecule is OC1CCC(CC[Si])CC1Cl. The second-order valence-corrected chi connectivity index (χ2v) is 4.36. The van der Waals surface area contributed by atoms with Crippen molar-refractivity contribution >= 4 is 21.8 Å². The van der Waals surface area contributed by atoms with Crippen LogP contribution in [0.2, 0.25) is 6.04 Å². The first-order chi connectivity index (χ1) is 5.24. The molecule has 3 atom stereocenters. The highest BCUT2D eigenvalue weighted by Crippen LogP contribution is 2.30. The van der Waals surface area contributed by atoms with Gasteiger partial charge in [-0.2, -0.15) is 0 Å². The smallest absolute Gasteiger partial charge is 0.0703 e. The number of hydrogen-bond donors (Lipinski definition) is 1. The Hall–Kier alpha value is 0.467. The molecule has 0 aromatic heterocycles. The molecule has 1 fully saturated rings. The molecule has 1 rings (SSSR count). The predicted molar refractivity (Wildman–Crippen MR) is 48.2 cm³/mol. The van der Waals surface area contributed by atoms with Gasteiger partial charge in [-0.05, 0) is 25.2 Å². The molecule has 3 unspecified atom stereocenters. The van der Waals surface area contributed by atoms with Crippen molar-refractivity contribution in [1.82, 2.24) is 0 Å². The van der Waals surface area contributed by atoms with Crippen LogP contribution < -0.4 is 0 Å². The molecule has 0 amide bonds. The quantitative estimate of drug-likeness (QED) is 0.518. The van der Waals surface area contributed by atoms with Gasteiger partial charge in [-0.3, -0.25) is 0 Å². The highest BCUT2D eigenvalue weighted by atomic mass is 35.5. The molecule has 0 saturated heterocycles. The van der Waals surface area contributed by atoms with E-state index in [0.717, 1.165) is 31.2 Å². The van der Waals surface area contributed by atoms with Gasteiger partial charge in [-0.25, -0.2) is 0 Å². The van der Waals surface area contributed by atoms with Gasteiger partial charge >= 0.3 is 0 Å². The highest BCUT2D eigenvalue weighted by Gasteiger charge is 2.26. The fraction of sp³-hybridized carbons (Fsp3) is 1.00. The van der Waals surface area contributed by atoms with E-state index in [2.05, 4.69) is 10.2 Å². The summed E-state index contributed by atoms with van der Waals surface area (Å²) in [6.45, 7) is 0. The van der Waals surface area contributed by atoms with Gasteiger partial charge in [0.2, 0.25) is 0 Å². The number of aliphatic hydroxyl groups is 1. The second kappa shape index (κ2) is 4.48. The summed E-state index contributed by atoms with van der Waals surface area (Å²) in [6.07, 6.45) is 3.92. The van der Waals surface area contributed by atoms with E-state index in [0.29, 0.717) is 0 Å². The summed E-state index contributed by atoms with van der Waals surface area (Å²) in [7, 11) is 3.46. The van der Waals surface area contributed by atoms with E-state index in [-0.39, 0.29) is 11.5 Å². The van der Waals surface area contributed by atoms with Crippen LogP contribution in [-0.2, 0) is 0 Å². The van der Waals surface area contributed by atoms with Crippen molar-refractivity contribution < 1.29 is 5.11 Å². The van der Waals surface area contributed by atoms with E-state index < -0.39 is 0 Å². The second-order valence-electron chi connectivity index (χ2n) is 3.30. The zero-order valence-corrected chi connectivity index (χ0v) is 8.35. The Kier molecular flexibility index (Phi) is 3.89. The monoisotopic (exact) mass is 189 g/mol. The maximum Gasteiger partial charge on any atom is 0.0703 e. The molecule has 0 bridgehead atoms. The van der Waals surface area contributed by atoms with Crippen LogP contribution >= 0.6 is 11.6 Å². The largest absolute Gasteiger partial charge is 0.392 e. The van der Waals surface area contributed by atoms with Gasteiger partial charge < -0.3 is 5.11 Å². The summed E-state index contributed by atoms with van der Waals surface area (Å²) in [5.41, 5.74) is 0. The minimum Gasteiger partial charge on any atom is -0.392 e. The Morgan fingerprint density at radius 3 is 2.73 bits per heavy atom. The molecule has 11 heavy (non-hydrogen) atoms. The number of aliphatic hydroxyl groups excluding tert-OH is 1. The van der Waals surface area contributed by atoms with Crippen LogP contribution in [0.25, 0.3) is 0 Å². The van der Waals surface area contributed by atoms with Crippen LogP contribution in [0.3, 0.4) is 0 Å². The summed E-state index contributed by atoms with van der Waals surface area (Å²) < 4.78 is 0. The summed E-state index contributed by atoms with van der Waals surface area (Å²) in [4.78, 5) is 0.